The molecule has 0 aliphatic rings. The van der Waals surface area contributed by atoms with Gasteiger partial charge in [0.2, 0.25) is 5.91 Å². The molecule has 0 aromatic heterocycles. The van der Waals surface area contributed by atoms with E-state index in [-0.39, 0.29) is 5.91 Å². The van der Waals surface area contributed by atoms with Gasteiger partial charge in [0.25, 0.3) is 0 Å². The van der Waals surface area contributed by atoms with E-state index >= 15 is 0 Å². The van der Waals surface area contributed by atoms with Crippen molar-refractivity contribution >= 4 is 33.6 Å². The third-order valence-corrected chi connectivity index (χ3v) is 4.21. The van der Waals surface area contributed by atoms with Gasteiger partial charge in [-0.25, -0.2) is 0 Å². The number of methoxy groups -OCH3 is 1. The van der Waals surface area contributed by atoms with Gasteiger partial charge in [0.1, 0.15) is 5.75 Å². The van der Waals surface area contributed by atoms with Crippen molar-refractivity contribution in [3.8, 4) is 5.75 Å². The normalized spacial score (nSPS) is 10.8. The summed E-state index contributed by atoms with van der Waals surface area (Å²) >= 11 is 3.44. The highest BCUT2D eigenvalue weighted by atomic mass is 79.9. The zero-order chi connectivity index (χ0) is 16.8. The van der Waals surface area contributed by atoms with Gasteiger partial charge in [-0.05, 0) is 64.2 Å². The van der Waals surface area contributed by atoms with Crippen molar-refractivity contribution in [2.24, 2.45) is 0 Å². The number of carbonyl (C=O) groups is 1. The maximum atomic E-state index is 12.2. The number of benzene rings is 2. The molecule has 1 N–H and O–H groups in total. The Kier molecular flexibility index (Phi) is 5.99. The van der Waals surface area contributed by atoms with Gasteiger partial charge in [-0.1, -0.05) is 31.2 Å². The molecule has 120 valence electrons. The van der Waals surface area contributed by atoms with Crippen LogP contribution in [-0.2, 0) is 11.2 Å². The predicted molar refractivity (Wildman–Crippen MR) is 98.9 cm³/mol. The van der Waals surface area contributed by atoms with Crippen LogP contribution in [0.15, 0.2) is 46.9 Å². The van der Waals surface area contributed by atoms with Crippen LogP contribution in [0.25, 0.3) is 6.08 Å². The molecular formula is C19H20BrNO2. The van der Waals surface area contributed by atoms with Gasteiger partial charge >= 0.3 is 0 Å². The summed E-state index contributed by atoms with van der Waals surface area (Å²) in [4.78, 5) is 12.2. The zero-order valence-electron chi connectivity index (χ0n) is 13.5. The molecule has 0 spiro atoms. The van der Waals surface area contributed by atoms with Crippen LogP contribution in [-0.4, -0.2) is 13.0 Å². The third kappa shape index (κ3) is 4.45. The first-order valence-electron chi connectivity index (χ1n) is 7.46. The monoisotopic (exact) mass is 373 g/mol. The Bertz CT molecular complexity index is 738. The molecule has 2 aromatic rings. The number of ether oxygens (including phenoxy) is 1. The Morgan fingerprint density at radius 2 is 2.09 bits per heavy atom. The fourth-order valence-corrected chi connectivity index (χ4v) is 2.88. The van der Waals surface area contributed by atoms with Gasteiger partial charge in [-0.2, -0.15) is 0 Å². The highest BCUT2D eigenvalue weighted by Gasteiger charge is 2.06. The van der Waals surface area contributed by atoms with Gasteiger partial charge in [-0.3, -0.25) is 4.79 Å². The number of amides is 1. The van der Waals surface area contributed by atoms with Crippen molar-refractivity contribution in [3.63, 3.8) is 0 Å². The standard InChI is InChI=1S/C19H20BrNO2/c1-4-15-7-5-6-13(2)19(15)21-18(22)11-9-14-8-10-17(23-3)16(20)12-14/h5-12H,4H2,1-3H3,(H,21,22)/b11-9+. The van der Waals surface area contributed by atoms with Crippen LogP contribution in [0.1, 0.15) is 23.6 Å². The number of rotatable bonds is 5. The quantitative estimate of drug-likeness (QED) is 0.750. The number of nitrogens with one attached hydrogen (secondary N) is 1. The highest BCUT2D eigenvalue weighted by Crippen LogP contribution is 2.26. The maximum absolute atomic E-state index is 12.2. The Balaban J connectivity index is 2.12. The van der Waals surface area contributed by atoms with Crippen molar-refractivity contribution in [2.75, 3.05) is 12.4 Å². The lowest BCUT2D eigenvalue weighted by Gasteiger charge is -2.11. The Labute approximate surface area is 145 Å². The first-order valence-corrected chi connectivity index (χ1v) is 8.25. The summed E-state index contributed by atoms with van der Waals surface area (Å²) in [6, 6.07) is 11.7. The number of halogens is 1. The SMILES string of the molecule is CCc1cccc(C)c1NC(=O)/C=C/c1ccc(OC)c(Br)c1. The summed E-state index contributed by atoms with van der Waals surface area (Å²) in [6.45, 7) is 4.08. The minimum absolute atomic E-state index is 0.138. The molecule has 1 amide bonds. The Hall–Kier alpha value is -2.07. The van der Waals surface area contributed by atoms with E-state index in [9.17, 15) is 4.79 Å². The fraction of sp³-hybridized carbons (Fsp3) is 0.211. The van der Waals surface area contributed by atoms with E-state index in [0.29, 0.717) is 0 Å². The molecule has 2 aromatic carbocycles. The summed E-state index contributed by atoms with van der Waals surface area (Å²) in [7, 11) is 1.62. The zero-order valence-corrected chi connectivity index (χ0v) is 15.1. The van der Waals surface area contributed by atoms with Crippen LogP contribution in [0, 0.1) is 6.92 Å². The van der Waals surface area contributed by atoms with E-state index in [1.165, 1.54) is 0 Å². The van der Waals surface area contributed by atoms with Crippen molar-refractivity contribution in [2.45, 2.75) is 20.3 Å². The molecule has 0 unspecified atom stereocenters. The van der Waals surface area contributed by atoms with Crippen LogP contribution in [0.4, 0.5) is 5.69 Å². The molecule has 0 atom stereocenters. The second-order valence-electron chi connectivity index (χ2n) is 5.18. The maximum Gasteiger partial charge on any atom is 0.248 e. The molecule has 0 fully saturated rings. The van der Waals surface area contributed by atoms with Crippen molar-refractivity contribution in [1.82, 2.24) is 0 Å². The number of aryl methyl sites for hydroxylation is 2. The highest BCUT2D eigenvalue weighted by molar-refractivity contribution is 9.10. The molecule has 0 heterocycles. The molecule has 0 bridgehead atoms. The smallest absolute Gasteiger partial charge is 0.248 e. The van der Waals surface area contributed by atoms with Crippen LogP contribution in [0.5, 0.6) is 5.75 Å². The lowest BCUT2D eigenvalue weighted by molar-refractivity contribution is -0.111. The minimum Gasteiger partial charge on any atom is -0.496 e. The van der Waals surface area contributed by atoms with Gasteiger partial charge in [0.05, 0.1) is 11.6 Å². The summed E-state index contributed by atoms with van der Waals surface area (Å²) < 4.78 is 6.05. The number of hydrogen-bond donors (Lipinski definition) is 1. The molecule has 23 heavy (non-hydrogen) atoms. The minimum atomic E-state index is -0.138. The summed E-state index contributed by atoms with van der Waals surface area (Å²) in [5.74, 6) is 0.625. The Morgan fingerprint density at radius 3 is 2.74 bits per heavy atom. The van der Waals surface area contributed by atoms with Crippen molar-refractivity contribution in [3.05, 3.63) is 63.6 Å². The lowest BCUT2D eigenvalue weighted by atomic mass is 10.1. The van der Waals surface area contributed by atoms with E-state index in [1.54, 1.807) is 19.3 Å². The van der Waals surface area contributed by atoms with E-state index in [1.807, 2.05) is 43.3 Å². The third-order valence-electron chi connectivity index (χ3n) is 3.59. The molecule has 3 nitrogen and oxygen atoms in total. The van der Waals surface area contributed by atoms with Crippen molar-refractivity contribution < 1.29 is 9.53 Å². The molecule has 0 saturated carbocycles. The number of carbonyl (C=O) groups excluding carboxylic acids is 1. The average molecular weight is 374 g/mol. The first-order chi connectivity index (χ1) is 11.0. The van der Waals surface area contributed by atoms with Gasteiger partial charge < -0.3 is 10.1 Å². The van der Waals surface area contributed by atoms with E-state index in [4.69, 9.17) is 4.74 Å². The number of para-hydroxylation sites is 1. The lowest BCUT2D eigenvalue weighted by Crippen LogP contribution is -2.11. The molecule has 2 rings (SSSR count). The molecule has 0 radical (unpaired) electrons. The van der Waals surface area contributed by atoms with Crippen LogP contribution < -0.4 is 10.1 Å². The molecule has 4 heteroatoms. The van der Waals surface area contributed by atoms with Crippen LogP contribution in [0.3, 0.4) is 0 Å². The second-order valence-corrected chi connectivity index (χ2v) is 6.03. The van der Waals surface area contributed by atoms with E-state index in [2.05, 4.69) is 28.2 Å². The largest absolute Gasteiger partial charge is 0.496 e. The predicted octanol–water partition coefficient (Wildman–Crippen LogP) is 4.98. The van der Waals surface area contributed by atoms with Crippen molar-refractivity contribution in [1.29, 1.82) is 0 Å². The molecular weight excluding hydrogens is 354 g/mol. The first kappa shape index (κ1) is 17.3. The van der Waals surface area contributed by atoms with Crippen LogP contribution in [0.2, 0.25) is 0 Å². The van der Waals surface area contributed by atoms with E-state index in [0.717, 1.165) is 39.0 Å². The summed E-state index contributed by atoms with van der Waals surface area (Å²) in [6.07, 6.45) is 4.20. The number of anilines is 1. The van der Waals surface area contributed by atoms with Gasteiger partial charge in [0.15, 0.2) is 0 Å². The average Bonchev–Trinajstić information content (AvgIpc) is 2.55. The number of hydrogen-bond acceptors (Lipinski definition) is 2. The molecule has 0 aliphatic carbocycles. The van der Waals surface area contributed by atoms with Crippen LogP contribution >= 0.6 is 15.9 Å². The summed E-state index contributed by atoms with van der Waals surface area (Å²) in [5, 5.41) is 2.97. The topological polar surface area (TPSA) is 38.3 Å². The van der Waals surface area contributed by atoms with Gasteiger partial charge in [-0.15, -0.1) is 0 Å². The Morgan fingerprint density at radius 1 is 1.30 bits per heavy atom. The second kappa shape index (κ2) is 7.97. The van der Waals surface area contributed by atoms with Gasteiger partial charge in [0, 0.05) is 11.8 Å². The molecule has 0 saturated heterocycles. The van der Waals surface area contributed by atoms with E-state index < -0.39 is 0 Å². The summed E-state index contributed by atoms with van der Waals surface area (Å²) in [5.41, 5.74) is 4.03. The molecule has 0 aliphatic heterocycles. The fourth-order valence-electron chi connectivity index (χ4n) is 2.33.